The van der Waals surface area contributed by atoms with E-state index >= 15 is 0 Å². The first-order valence-electron chi connectivity index (χ1n) is 6.60. The van der Waals surface area contributed by atoms with Gasteiger partial charge in [0.05, 0.1) is 12.2 Å². The highest BCUT2D eigenvalue weighted by molar-refractivity contribution is 5.87. The molecule has 2 aromatic rings. The standard InChI is InChI=1S/C14H19N5O/c1-2-9-19-13(7-8-17-19)10-16-11-3-5-12(6-4-11)18-14(15)20/h3-8,16H,2,9-10H2,1H3,(H3,15,18,20). The minimum Gasteiger partial charge on any atom is -0.379 e. The summed E-state index contributed by atoms with van der Waals surface area (Å²) in [6.07, 6.45) is 2.87. The third kappa shape index (κ3) is 3.74. The van der Waals surface area contributed by atoms with E-state index in [1.807, 2.05) is 29.1 Å². The van der Waals surface area contributed by atoms with Crippen LogP contribution in [0.15, 0.2) is 36.5 Å². The maximum atomic E-state index is 10.7. The van der Waals surface area contributed by atoms with Crippen LogP contribution in [0.4, 0.5) is 16.2 Å². The first kappa shape index (κ1) is 13.9. The van der Waals surface area contributed by atoms with Gasteiger partial charge in [-0.15, -0.1) is 0 Å². The van der Waals surface area contributed by atoms with Crippen LogP contribution in [0, 0.1) is 0 Å². The van der Waals surface area contributed by atoms with Gasteiger partial charge in [0, 0.05) is 24.1 Å². The van der Waals surface area contributed by atoms with Crippen LogP contribution in [0.3, 0.4) is 0 Å². The molecule has 2 rings (SSSR count). The number of aryl methyl sites for hydroxylation is 1. The lowest BCUT2D eigenvalue weighted by Crippen LogP contribution is -2.19. The molecular weight excluding hydrogens is 254 g/mol. The van der Waals surface area contributed by atoms with Gasteiger partial charge in [0.2, 0.25) is 0 Å². The molecule has 0 unspecified atom stereocenters. The second kappa shape index (κ2) is 6.60. The molecule has 2 amide bonds. The molecule has 0 aliphatic carbocycles. The molecule has 106 valence electrons. The van der Waals surface area contributed by atoms with Gasteiger partial charge >= 0.3 is 6.03 Å². The number of anilines is 2. The number of primary amides is 1. The third-order valence-corrected chi connectivity index (χ3v) is 2.87. The van der Waals surface area contributed by atoms with Crippen molar-refractivity contribution in [2.45, 2.75) is 26.4 Å². The number of urea groups is 1. The Balaban J connectivity index is 1.93. The number of carbonyl (C=O) groups is 1. The van der Waals surface area contributed by atoms with Crippen molar-refractivity contribution < 1.29 is 4.79 Å². The number of hydrogen-bond acceptors (Lipinski definition) is 3. The molecular formula is C14H19N5O. The molecule has 0 bridgehead atoms. The number of nitrogens with one attached hydrogen (secondary N) is 2. The van der Waals surface area contributed by atoms with E-state index in [1.54, 1.807) is 12.1 Å². The molecule has 0 aliphatic heterocycles. The summed E-state index contributed by atoms with van der Waals surface area (Å²) in [5.41, 5.74) is 7.86. The number of hydrogen-bond donors (Lipinski definition) is 3. The van der Waals surface area contributed by atoms with Crippen molar-refractivity contribution in [1.29, 1.82) is 0 Å². The minimum absolute atomic E-state index is 0.561. The van der Waals surface area contributed by atoms with Crippen molar-refractivity contribution in [2.24, 2.45) is 5.73 Å². The van der Waals surface area contributed by atoms with Crippen molar-refractivity contribution in [3.8, 4) is 0 Å². The highest BCUT2D eigenvalue weighted by Gasteiger charge is 2.02. The Bertz CT molecular complexity index is 561. The Morgan fingerprint density at radius 1 is 1.25 bits per heavy atom. The molecule has 4 N–H and O–H groups in total. The van der Waals surface area contributed by atoms with Gasteiger partial charge in [-0.1, -0.05) is 6.92 Å². The average molecular weight is 273 g/mol. The second-order valence-electron chi connectivity index (χ2n) is 4.47. The maximum Gasteiger partial charge on any atom is 0.316 e. The zero-order chi connectivity index (χ0) is 14.4. The van der Waals surface area contributed by atoms with Crippen LogP contribution in [-0.2, 0) is 13.1 Å². The lowest BCUT2D eigenvalue weighted by molar-refractivity contribution is 0.259. The van der Waals surface area contributed by atoms with E-state index in [-0.39, 0.29) is 0 Å². The maximum absolute atomic E-state index is 10.7. The minimum atomic E-state index is -0.561. The third-order valence-electron chi connectivity index (χ3n) is 2.87. The zero-order valence-electron chi connectivity index (χ0n) is 11.5. The summed E-state index contributed by atoms with van der Waals surface area (Å²) in [7, 11) is 0. The second-order valence-corrected chi connectivity index (χ2v) is 4.47. The number of amides is 2. The first-order chi connectivity index (χ1) is 9.69. The van der Waals surface area contributed by atoms with Crippen molar-refractivity contribution in [1.82, 2.24) is 9.78 Å². The van der Waals surface area contributed by atoms with E-state index in [1.165, 1.54) is 0 Å². The molecule has 0 fully saturated rings. The summed E-state index contributed by atoms with van der Waals surface area (Å²) in [6, 6.07) is 8.84. The highest BCUT2D eigenvalue weighted by atomic mass is 16.2. The monoisotopic (exact) mass is 273 g/mol. The van der Waals surface area contributed by atoms with E-state index in [9.17, 15) is 4.79 Å². The fourth-order valence-electron chi connectivity index (χ4n) is 1.93. The normalized spacial score (nSPS) is 10.2. The van der Waals surface area contributed by atoms with Crippen molar-refractivity contribution >= 4 is 17.4 Å². The molecule has 1 heterocycles. The SMILES string of the molecule is CCCn1nccc1CNc1ccc(NC(N)=O)cc1. The predicted molar refractivity (Wildman–Crippen MR) is 79.5 cm³/mol. The lowest BCUT2D eigenvalue weighted by atomic mass is 10.2. The largest absolute Gasteiger partial charge is 0.379 e. The van der Waals surface area contributed by atoms with Crippen LogP contribution in [0.2, 0.25) is 0 Å². The Labute approximate surface area is 118 Å². The molecule has 0 saturated carbocycles. The van der Waals surface area contributed by atoms with Gasteiger partial charge in [0.1, 0.15) is 0 Å². The van der Waals surface area contributed by atoms with Crippen molar-refractivity contribution in [2.75, 3.05) is 10.6 Å². The lowest BCUT2D eigenvalue weighted by Gasteiger charge is -2.09. The summed E-state index contributed by atoms with van der Waals surface area (Å²) in [5.74, 6) is 0. The fraction of sp³-hybridized carbons (Fsp3) is 0.286. The molecule has 20 heavy (non-hydrogen) atoms. The van der Waals surface area contributed by atoms with E-state index in [0.29, 0.717) is 12.2 Å². The number of carbonyl (C=O) groups excluding carboxylic acids is 1. The van der Waals surface area contributed by atoms with E-state index < -0.39 is 6.03 Å². The van der Waals surface area contributed by atoms with E-state index in [0.717, 1.165) is 24.3 Å². The Kier molecular flexibility index (Phi) is 4.60. The summed E-state index contributed by atoms with van der Waals surface area (Å²) >= 11 is 0. The fourth-order valence-corrected chi connectivity index (χ4v) is 1.93. The van der Waals surface area contributed by atoms with Crippen LogP contribution in [0.1, 0.15) is 19.0 Å². The predicted octanol–water partition coefficient (Wildman–Crippen LogP) is 2.40. The number of nitrogens with zero attached hydrogens (tertiary/aromatic N) is 2. The molecule has 0 saturated heterocycles. The molecule has 1 aromatic carbocycles. The first-order valence-corrected chi connectivity index (χ1v) is 6.60. The Morgan fingerprint density at radius 2 is 1.95 bits per heavy atom. The topological polar surface area (TPSA) is 85.0 Å². The van der Waals surface area contributed by atoms with E-state index in [4.69, 9.17) is 5.73 Å². The summed E-state index contributed by atoms with van der Waals surface area (Å²) in [4.78, 5) is 10.7. The molecule has 0 atom stereocenters. The summed E-state index contributed by atoms with van der Waals surface area (Å²) in [5, 5.41) is 10.1. The number of benzene rings is 1. The van der Waals surface area contributed by atoms with Gasteiger partial charge in [-0.05, 0) is 36.8 Å². The van der Waals surface area contributed by atoms with E-state index in [2.05, 4.69) is 22.7 Å². The molecule has 0 radical (unpaired) electrons. The number of aromatic nitrogens is 2. The van der Waals surface area contributed by atoms with Crippen LogP contribution < -0.4 is 16.4 Å². The number of rotatable bonds is 6. The smallest absolute Gasteiger partial charge is 0.316 e. The highest BCUT2D eigenvalue weighted by Crippen LogP contribution is 2.14. The quantitative estimate of drug-likeness (QED) is 0.755. The van der Waals surface area contributed by atoms with Gasteiger partial charge < -0.3 is 16.4 Å². The Hall–Kier alpha value is -2.50. The van der Waals surface area contributed by atoms with Crippen molar-refractivity contribution in [3.63, 3.8) is 0 Å². The number of nitrogens with two attached hydrogens (primary N) is 1. The molecule has 0 spiro atoms. The van der Waals surface area contributed by atoms with Crippen LogP contribution in [0.25, 0.3) is 0 Å². The van der Waals surface area contributed by atoms with Crippen LogP contribution >= 0.6 is 0 Å². The van der Waals surface area contributed by atoms with Gasteiger partial charge in [-0.3, -0.25) is 4.68 Å². The molecule has 1 aromatic heterocycles. The van der Waals surface area contributed by atoms with Crippen molar-refractivity contribution in [3.05, 3.63) is 42.2 Å². The zero-order valence-corrected chi connectivity index (χ0v) is 11.5. The van der Waals surface area contributed by atoms with Gasteiger partial charge in [0.15, 0.2) is 0 Å². The summed E-state index contributed by atoms with van der Waals surface area (Å²) < 4.78 is 2.00. The summed E-state index contributed by atoms with van der Waals surface area (Å²) in [6.45, 7) is 3.76. The molecule has 0 aliphatic rings. The Morgan fingerprint density at radius 3 is 2.60 bits per heavy atom. The van der Waals surface area contributed by atoms with Gasteiger partial charge in [0.25, 0.3) is 0 Å². The van der Waals surface area contributed by atoms with Crippen LogP contribution in [-0.4, -0.2) is 15.8 Å². The average Bonchev–Trinajstić information content (AvgIpc) is 2.85. The molecule has 6 nitrogen and oxygen atoms in total. The van der Waals surface area contributed by atoms with Gasteiger partial charge in [-0.2, -0.15) is 5.10 Å². The molecule has 6 heteroatoms. The van der Waals surface area contributed by atoms with Gasteiger partial charge in [-0.25, -0.2) is 4.79 Å². The van der Waals surface area contributed by atoms with Crippen LogP contribution in [0.5, 0.6) is 0 Å².